The summed E-state index contributed by atoms with van der Waals surface area (Å²) >= 11 is 0. The van der Waals surface area contributed by atoms with E-state index in [4.69, 9.17) is 17.7 Å². The first kappa shape index (κ1) is 16.1. The van der Waals surface area contributed by atoms with Crippen molar-refractivity contribution in [1.82, 2.24) is 0 Å². The molecule has 0 saturated carbocycles. The first-order valence-electron chi connectivity index (χ1n) is 6.21. The van der Waals surface area contributed by atoms with E-state index in [0.717, 1.165) is 25.7 Å². The number of hydrogen-bond donors (Lipinski definition) is 0. The van der Waals surface area contributed by atoms with E-state index in [0.29, 0.717) is 19.8 Å². The Labute approximate surface area is 101 Å². The van der Waals surface area contributed by atoms with Crippen LogP contribution in [0, 0.1) is 0 Å². The van der Waals surface area contributed by atoms with Gasteiger partial charge in [-0.25, -0.2) is 0 Å². The molecule has 0 aliphatic carbocycles. The van der Waals surface area contributed by atoms with E-state index in [1.807, 2.05) is 6.92 Å². The molecule has 5 heteroatoms. The van der Waals surface area contributed by atoms with Crippen LogP contribution >= 0.6 is 0 Å². The minimum atomic E-state index is -2.84. The van der Waals surface area contributed by atoms with Crippen molar-refractivity contribution >= 4 is 9.05 Å². The number of unbranched alkanes of at least 4 members (excludes halogenated alkanes) is 2. The lowest BCUT2D eigenvalue weighted by molar-refractivity contribution is -0.0208. The van der Waals surface area contributed by atoms with E-state index in [-0.39, 0.29) is 0 Å². The van der Waals surface area contributed by atoms with Gasteiger partial charge in [0.1, 0.15) is 0 Å². The summed E-state index contributed by atoms with van der Waals surface area (Å²) in [6.45, 7) is 8.01. The van der Waals surface area contributed by atoms with Crippen LogP contribution in [0.5, 0.6) is 0 Å². The third-order valence-corrected chi connectivity index (χ3v) is 4.38. The van der Waals surface area contributed by atoms with Crippen LogP contribution in [-0.4, -0.2) is 36.0 Å². The van der Waals surface area contributed by atoms with Gasteiger partial charge in [0.25, 0.3) is 0 Å². The summed E-state index contributed by atoms with van der Waals surface area (Å²) in [6.07, 6.45) is 4.19. The fourth-order valence-electron chi connectivity index (χ4n) is 1.16. The molecule has 0 aromatic carbocycles. The maximum atomic E-state index is 5.68. The van der Waals surface area contributed by atoms with Gasteiger partial charge in [-0.3, -0.25) is 0 Å². The average molecular weight is 250 g/mol. The quantitative estimate of drug-likeness (QED) is 0.417. The smallest absolute Gasteiger partial charge is 0.355 e. The summed E-state index contributed by atoms with van der Waals surface area (Å²) in [6, 6.07) is 0. The lowest BCUT2D eigenvalue weighted by atomic mass is 10.4. The monoisotopic (exact) mass is 250 g/mol. The lowest BCUT2D eigenvalue weighted by Crippen LogP contribution is -2.48. The molecular weight excluding hydrogens is 224 g/mol. The van der Waals surface area contributed by atoms with E-state index in [1.165, 1.54) is 0 Å². The van der Waals surface area contributed by atoms with Crippen LogP contribution in [0.4, 0.5) is 0 Å². The van der Waals surface area contributed by atoms with Crippen molar-refractivity contribution in [2.45, 2.75) is 46.5 Å². The molecule has 16 heavy (non-hydrogen) atoms. The largest absolute Gasteiger partial charge is 0.679 e. The van der Waals surface area contributed by atoms with Crippen molar-refractivity contribution in [2.24, 2.45) is 0 Å². The molecule has 0 aliphatic heterocycles. The highest BCUT2D eigenvalue weighted by Crippen LogP contribution is 2.12. The molecule has 0 unspecified atom stereocenters. The molecule has 0 fully saturated rings. The Morgan fingerprint density at radius 3 is 1.62 bits per heavy atom. The number of rotatable bonds is 11. The van der Waals surface area contributed by atoms with Gasteiger partial charge in [-0.15, -0.1) is 0 Å². The highest BCUT2D eigenvalue weighted by Gasteiger charge is 2.43. The molecule has 4 nitrogen and oxygen atoms in total. The summed E-state index contributed by atoms with van der Waals surface area (Å²) in [5.74, 6) is 0. The Morgan fingerprint density at radius 1 is 0.812 bits per heavy atom. The third kappa shape index (κ3) is 6.60. The van der Waals surface area contributed by atoms with Gasteiger partial charge >= 0.3 is 9.05 Å². The Bertz CT molecular complexity index is 145. The second-order valence-corrected chi connectivity index (χ2v) is 5.82. The molecule has 0 saturated heterocycles. The number of hydrogen-bond acceptors (Lipinski definition) is 4. The lowest BCUT2D eigenvalue weighted by Gasteiger charge is -2.26. The predicted molar refractivity (Wildman–Crippen MR) is 66.1 cm³/mol. The first-order valence-corrected chi connectivity index (χ1v) is 7.85. The summed E-state index contributed by atoms with van der Waals surface area (Å²) in [4.78, 5) is 0. The van der Waals surface area contributed by atoms with Crippen LogP contribution in [0.15, 0.2) is 0 Å². The van der Waals surface area contributed by atoms with Crippen LogP contribution in [0.2, 0.25) is 0 Å². The molecule has 0 heterocycles. The van der Waals surface area contributed by atoms with E-state index in [1.54, 1.807) is 7.11 Å². The van der Waals surface area contributed by atoms with Gasteiger partial charge in [0.15, 0.2) is 0 Å². The minimum Gasteiger partial charge on any atom is -0.355 e. The normalized spacial score (nSPS) is 12.0. The molecule has 98 valence electrons. The Hall–Kier alpha value is 0.0569. The van der Waals surface area contributed by atoms with Crippen molar-refractivity contribution in [2.75, 3.05) is 26.9 Å². The molecule has 0 amide bonds. The van der Waals surface area contributed by atoms with Gasteiger partial charge in [-0.1, -0.05) is 26.7 Å². The first-order chi connectivity index (χ1) is 7.74. The van der Waals surface area contributed by atoms with E-state index in [9.17, 15) is 0 Å². The fourth-order valence-corrected chi connectivity index (χ4v) is 2.91. The average Bonchev–Trinajstić information content (AvgIpc) is 2.29. The maximum absolute atomic E-state index is 5.68. The standard InChI is InChI=1S/C11H26O4Si/c1-5-8-10-14-16(12-4,13-7-3)15-11-9-6-2/h5-11H2,1-4H3. The summed E-state index contributed by atoms with van der Waals surface area (Å²) in [7, 11) is -1.25. The second-order valence-electron chi connectivity index (χ2n) is 3.54. The van der Waals surface area contributed by atoms with Gasteiger partial charge in [-0.05, 0) is 19.8 Å². The van der Waals surface area contributed by atoms with Crippen molar-refractivity contribution in [3.8, 4) is 0 Å². The van der Waals surface area contributed by atoms with Gasteiger partial charge < -0.3 is 17.7 Å². The molecule has 0 aliphatic rings. The van der Waals surface area contributed by atoms with Crippen LogP contribution < -0.4 is 0 Å². The van der Waals surface area contributed by atoms with E-state index < -0.39 is 9.05 Å². The molecule has 0 aromatic heterocycles. The topological polar surface area (TPSA) is 36.9 Å². The maximum Gasteiger partial charge on any atom is 0.679 e. The van der Waals surface area contributed by atoms with Crippen LogP contribution in [0.3, 0.4) is 0 Å². The van der Waals surface area contributed by atoms with E-state index in [2.05, 4.69) is 13.8 Å². The summed E-state index contributed by atoms with van der Waals surface area (Å²) < 4.78 is 22.2. The van der Waals surface area contributed by atoms with Gasteiger partial charge in [0, 0.05) is 26.9 Å². The Balaban J connectivity index is 4.09. The second kappa shape index (κ2) is 10.2. The van der Waals surface area contributed by atoms with Crippen molar-refractivity contribution in [3.05, 3.63) is 0 Å². The fraction of sp³-hybridized carbons (Fsp3) is 1.00. The molecule has 0 atom stereocenters. The Morgan fingerprint density at radius 2 is 1.31 bits per heavy atom. The van der Waals surface area contributed by atoms with Crippen molar-refractivity contribution < 1.29 is 17.7 Å². The van der Waals surface area contributed by atoms with Crippen LogP contribution in [0.25, 0.3) is 0 Å². The van der Waals surface area contributed by atoms with E-state index >= 15 is 0 Å². The van der Waals surface area contributed by atoms with Crippen molar-refractivity contribution in [3.63, 3.8) is 0 Å². The minimum absolute atomic E-state index is 0.554. The molecule has 0 spiro atoms. The highest BCUT2D eigenvalue weighted by atomic mass is 28.4. The summed E-state index contributed by atoms with van der Waals surface area (Å²) in [5, 5.41) is 0. The molecule has 0 bridgehead atoms. The van der Waals surface area contributed by atoms with Gasteiger partial charge in [0.05, 0.1) is 0 Å². The van der Waals surface area contributed by atoms with Gasteiger partial charge in [0.2, 0.25) is 0 Å². The van der Waals surface area contributed by atoms with Crippen molar-refractivity contribution in [1.29, 1.82) is 0 Å². The SMILES string of the molecule is CCCCO[Si](OC)(OCC)OCCCC. The zero-order chi connectivity index (χ0) is 12.3. The van der Waals surface area contributed by atoms with Crippen LogP contribution in [-0.2, 0) is 17.7 Å². The zero-order valence-electron chi connectivity index (χ0n) is 11.1. The molecule has 0 aromatic rings. The molecule has 0 radical (unpaired) electrons. The molecular formula is C11H26O4Si. The summed E-state index contributed by atoms with van der Waals surface area (Å²) in [5.41, 5.74) is 0. The third-order valence-electron chi connectivity index (χ3n) is 2.12. The molecule has 0 N–H and O–H groups in total. The van der Waals surface area contributed by atoms with Gasteiger partial charge in [-0.2, -0.15) is 0 Å². The highest BCUT2D eigenvalue weighted by molar-refractivity contribution is 6.53. The van der Waals surface area contributed by atoms with Crippen LogP contribution in [0.1, 0.15) is 46.5 Å². The predicted octanol–water partition coefficient (Wildman–Crippen LogP) is 2.74. The molecule has 0 rings (SSSR count). The Kier molecular flexibility index (Phi) is 10.3. The zero-order valence-corrected chi connectivity index (χ0v) is 12.1.